The van der Waals surface area contributed by atoms with Crippen LogP contribution in [0.15, 0.2) is 34.1 Å². The van der Waals surface area contributed by atoms with Crippen molar-refractivity contribution in [2.75, 3.05) is 11.5 Å². The summed E-state index contributed by atoms with van der Waals surface area (Å²) in [6.45, 7) is 0. The standard InChI is InChI=1S/C9H10O2S3/c10-14(11)9-3-1-7(2-4-9)12-5-8-6-13-8/h1-4,8,14H,5-6H2. The third-order valence-corrected chi connectivity index (χ3v) is 4.96. The second-order valence-corrected chi connectivity index (χ2v) is 6.47. The summed E-state index contributed by atoms with van der Waals surface area (Å²) in [5.41, 5.74) is 0. The maximum Gasteiger partial charge on any atom is 0.168 e. The molecule has 76 valence electrons. The van der Waals surface area contributed by atoms with Gasteiger partial charge < -0.3 is 0 Å². The largest absolute Gasteiger partial charge is 0.227 e. The van der Waals surface area contributed by atoms with Crippen molar-refractivity contribution in [1.82, 2.24) is 0 Å². The van der Waals surface area contributed by atoms with Crippen LogP contribution < -0.4 is 0 Å². The van der Waals surface area contributed by atoms with Gasteiger partial charge in [0.05, 0.1) is 4.90 Å². The number of rotatable bonds is 4. The van der Waals surface area contributed by atoms with Crippen molar-refractivity contribution in [2.45, 2.75) is 15.0 Å². The van der Waals surface area contributed by atoms with Crippen molar-refractivity contribution >= 4 is 34.2 Å². The number of thioether (sulfide) groups is 2. The van der Waals surface area contributed by atoms with E-state index in [9.17, 15) is 8.42 Å². The maximum absolute atomic E-state index is 10.6. The summed E-state index contributed by atoms with van der Waals surface area (Å²) in [5.74, 6) is 2.41. The topological polar surface area (TPSA) is 34.1 Å². The Hall–Kier alpha value is -0.130. The van der Waals surface area contributed by atoms with Gasteiger partial charge in [0.2, 0.25) is 0 Å². The third kappa shape index (κ3) is 2.93. The van der Waals surface area contributed by atoms with Gasteiger partial charge >= 0.3 is 0 Å². The predicted molar refractivity (Wildman–Crippen MR) is 62.0 cm³/mol. The number of thiol groups is 1. The average Bonchev–Trinajstić information content (AvgIpc) is 2.99. The van der Waals surface area contributed by atoms with Gasteiger partial charge in [-0.15, -0.1) is 11.8 Å². The van der Waals surface area contributed by atoms with Crippen LogP contribution in [0.25, 0.3) is 0 Å². The van der Waals surface area contributed by atoms with Crippen LogP contribution in [0.4, 0.5) is 0 Å². The minimum absolute atomic E-state index is 0.394. The molecule has 1 heterocycles. The Labute approximate surface area is 93.4 Å². The van der Waals surface area contributed by atoms with E-state index in [1.165, 1.54) is 5.75 Å². The fourth-order valence-corrected chi connectivity index (χ4v) is 3.23. The molecule has 1 fully saturated rings. The molecule has 1 saturated heterocycles. The van der Waals surface area contributed by atoms with Gasteiger partial charge in [0.25, 0.3) is 0 Å². The first-order valence-electron chi connectivity index (χ1n) is 4.24. The van der Waals surface area contributed by atoms with E-state index in [0.717, 1.165) is 15.9 Å². The summed E-state index contributed by atoms with van der Waals surface area (Å²) in [4.78, 5) is 1.54. The first kappa shape index (κ1) is 10.4. The Morgan fingerprint density at radius 3 is 2.50 bits per heavy atom. The summed E-state index contributed by atoms with van der Waals surface area (Å²) < 4.78 is 21.2. The zero-order valence-electron chi connectivity index (χ0n) is 7.38. The lowest BCUT2D eigenvalue weighted by Crippen LogP contribution is -1.87. The summed E-state index contributed by atoms with van der Waals surface area (Å²) >= 11 is 3.77. The van der Waals surface area contributed by atoms with E-state index >= 15 is 0 Å². The van der Waals surface area contributed by atoms with Gasteiger partial charge in [-0.1, -0.05) is 0 Å². The van der Waals surface area contributed by atoms with Gasteiger partial charge in [-0.2, -0.15) is 11.8 Å². The predicted octanol–water partition coefficient (Wildman–Crippen LogP) is 1.86. The number of hydrogen-bond donors (Lipinski definition) is 1. The molecule has 1 aromatic rings. The molecule has 0 aliphatic carbocycles. The molecule has 0 saturated carbocycles. The smallest absolute Gasteiger partial charge is 0.168 e. The molecule has 2 nitrogen and oxygen atoms in total. The normalized spacial score (nSPS) is 19.9. The highest BCUT2D eigenvalue weighted by molar-refractivity contribution is 8.08. The van der Waals surface area contributed by atoms with Crippen LogP contribution in [0.1, 0.15) is 0 Å². The van der Waals surface area contributed by atoms with Crippen LogP contribution in [-0.4, -0.2) is 25.2 Å². The lowest BCUT2D eigenvalue weighted by molar-refractivity contribution is 0.614. The molecule has 1 unspecified atom stereocenters. The van der Waals surface area contributed by atoms with Gasteiger partial charge in [-0.05, 0) is 24.3 Å². The molecular weight excluding hydrogens is 236 g/mol. The minimum atomic E-state index is -2.43. The van der Waals surface area contributed by atoms with Crippen LogP contribution in [0.3, 0.4) is 0 Å². The highest BCUT2D eigenvalue weighted by atomic mass is 32.2. The van der Waals surface area contributed by atoms with Crippen LogP contribution in [0, 0.1) is 0 Å². The molecule has 0 aromatic heterocycles. The van der Waals surface area contributed by atoms with Crippen molar-refractivity contribution < 1.29 is 8.42 Å². The summed E-state index contributed by atoms with van der Waals surface area (Å²) in [5, 5.41) is 0.816. The van der Waals surface area contributed by atoms with E-state index in [2.05, 4.69) is 0 Å². The molecule has 1 aliphatic heterocycles. The van der Waals surface area contributed by atoms with Crippen molar-refractivity contribution in [3.05, 3.63) is 24.3 Å². The van der Waals surface area contributed by atoms with E-state index in [0.29, 0.717) is 4.90 Å². The first-order chi connectivity index (χ1) is 6.75. The van der Waals surface area contributed by atoms with Crippen molar-refractivity contribution in [2.24, 2.45) is 0 Å². The lowest BCUT2D eigenvalue weighted by Gasteiger charge is -1.99. The van der Waals surface area contributed by atoms with Gasteiger partial charge in [0.15, 0.2) is 10.7 Å². The van der Waals surface area contributed by atoms with Crippen LogP contribution in [0.2, 0.25) is 0 Å². The molecule has 2 rings (SSSR count). The van der Waals surface area contributed by atoms with E-state index < -0.39 is 10.7 Å². The molecule has 0 bridgehead atoms. The Morgan fingerprint density at radius 1 is 1.36 bits per heavy atom. The molecule has 0 amide bonds. The van der Waals surface area contributed by atoms with Crippen molar-refractivity contribution in [1.29, 1.82) is 0 Å². The van der Waals surface area contributed by atoms with Crippen LogP contribution in [0.5, 0.6) is 0 Å². The molecule has 1 aliphatic rings. The van der Waals surface area contributed by atoms with Gasteiger partial charge in [-0.3, -0.25) is 0 Å². The number of hydrogen-bond acceptors (Lipinski definition) is 4. The molecule has 5 heteroatoms. The second-order valence-electron chi connectivity index (χ2n) is 3.02. The van der Waals surface area contributed by atoms with Gasteiger partial charge in [0.1, 0.15) is 0 Å². The molecular formula is C9H10O2S3. The Balaban J connectivity index is 1.97. The summed E-state index contributed by atoms with van der Waals surface area (Å²) in [6.07, 6.45) is 0. The highest BCUT2D eigenvalue weighted by Crippen LogP contribution is 2.35. The summed E-state index contributed by atoms with van der Waals surface area (Å²) in [6, 6.07) is 7.07. The molecule has 1 aromatic carbocycles. The first-order valence-corrected chi connectivity index (χ1v) is 7.46. The monoisotopic (exact) mass is 246 g/mol. The fraction of sp³-hybridized carbons (Fsp3) is 0.333. The SMILES string of the molecule is O=[SH](=O)c1ccc(SCC2CS2)cc1. The average molecular weight is 246 g/mol. The van der Waals surface area contributed by atoms with E-state index in [-0.39, 0.29) is 0 Å². The molecule has 0 N–H and O–H groups in total. The van der Waals surface area contributed by atoms with E-state index in [1.807, 2.05) is 23.9 Å². The summed E-state index contributed by atoms with van der Waals surface area (Å²) in [7, 11) is -2.43. The quantitative estimate of drug-likeness (QED) is 0.499. The third-order valence-electron chi connectivity index (χ3n) is 1.89. The zero-order valence-corrected chi connectivity index (χ0v) is 9.91. The second kappa shape index (κ2) is 4.59. The van der Waals surface area contributed by atoms with Crippen molar-refractivity contribution in [3.8, 4) is 0 Å². The minimum Gasteiger partial charge on any atom is -0.227 e. The lowest BCUT2D eigenvalue weighted by atomic mass is 10.4. The Kier molecular flexibility index (Phi) is 3.41. The van der Waals surface area contributed by atoms with Crippen LogP contribution >= 0.6 is 23.5 Å². The highest BCUT2D eigenvalue weighted by Gasteiger charge is 2.21. The van der Waals surface area contributed by atoms with Crippen LogP contribution in [-0.2, 0) is 10.7 Å². The zero-order chi connectivity index (χ0) is 9.97. The molecule has 14 heavy (non-hydrogen) atoms. The van der Waals surface area contributed by atoms with Crippen molar-refractivity contribution in [3.63, 3.8) is 0 Å². The molecule has 0 radical (unpaired) electrons. The maximum atomic E-state index is 10.6. The fourth-order valence-electron chi connectivity index (χ4n) is 1.02. The Morgan fingerprint density at radius 2 is 2.00 bits per heavy atom. The van der Waals surface area contributed by atoms with E-state index in [1.54, 1.807) is 23.9 Å². The molecule has 1 atom stereocenters. The van der Waals surface area contributed by atoms with E-state index in [4.69, 9.17) is 0 Å². The Bertz CT molecular complexity index is 372. The molecule has 0 spiro atoms. The number of benzene rings is 1. The van der Waals surface area contributed by atoms with Gasteiger partial charge in [0, 0.05) is 21.7 Å². The van der Waals surface area contributed by atoms with Gasteiger partial charge in [-0.25, -0.2) is 8.42 Å².